The Balaban J connectivity index is 1.61. The first-order valence-electron chi connectivity index (χ1n) is 10.6. The summed E-state index contributed by atoms with van der Waals surface area (Å²) >= 11 is 0. The summed E-state index contributed by atoms with van der Waals surface area (Å²) in [5, 5.41) is 7.44. The van der Waals surface area contributed by atoms with Crippen LogP contribution in [0.1, 0.15) is 42.6 Å². The topological polar surface area (TPSA) is 76.5 Å². The third-order valence-electron chi connectivity index (χ3n) is 6.02. The Kier molecular flexibility index (Phi) is 6.97. The van der Waals surface area contributed by atoms with Crippen molar-refractivity contribution >= 4 is 11.8 Å². The van der Waals surface area contributed by atoms with Gasteiger partial charge >= 0.3 is 0 Å². The van der Waals surface area contributed by atoms with Crippen LogP contribution in [0.25, 0.3) is 0 Å². The second kappa shape index (κ2) is 9.49. The van der Waals surface area contributed by atoms with Gasteiger partial charge < -0.3 is 15.0 Å². The van der Waals surface area contributed by atoms with E-state index in [2.05, 4.69) is 10.4 Å². The first kappa shape index (κ1) is 22.8. The molecule has 168 valence electrons. The number of hydrogen-bond donors (Lipinski definition) is 1. The molecule has 1 fully saturated rings. The maximum absolute atomic E-state index is 14.5. The molecule has 1 aliphatic heterocycles. The van der Waals surface area contributed by atoms with Gasteiger partial charge in [-0.15, -0.1) is 0 Å². The summed E-state index contributed by atoms with van der Waals surface area (Å²) in [6.07, 6.45) is 2.07. The molecular formula is C23H31FN4O3. The Morgan fingerprint density at radius 3 is 2.71 bits per heavy atom. The van der Waals surface area contributed by atoms with Crippen molar-refractivity contribution in [2.24, 2.45) is 0 Å². The first-order chi connectivity index (χ1) is 14.7. The summed E-state index contributed by atoms with van der Waals surface area (Å²) in [5.41, 5.74) is 1.91. The van der Waals surface area contributed by atoms with E-state index in [4.69, 9.17) is 4.74 Å². The molecular weight excluding hydrogens is 399 g/mol. The number of rotatable bonds is 9. The minimum atomic E-state index is -0.612. The number of halogens is 1. The number of nitrogens with zero attached hydrogens (tertiary/aromatic N) is 3. The average molecular weight is 431 g/mol. The quantitative estimate of drug-likeness (QED) is 0.664. The number of aryl methyl sites for hydroxylation is 2. The van der Waals surface area contributed by atoms with Crippen LogP contribution in [0.5, 0.6) is 5.75 Å². The predicted octanol–water partition coefficient (Wildman–Crippen LogP) is 2.78. The van der Waals surface area contributed by atoms with Crippen molar-refractivity contribution in [3.8, 4) is 5.75 Å². The van der Waals surface area contributed by atoms with Gasteiger partial charge in [-0.25, -0.2) is 4.39 Å². The lowest BCUT2D eigenvalue weighted by atomic mass is 9.84. The zero-order valence-electron chi connectivity index (χ0n) is 18.7. The highest BCUT2D eigenvalue weighted by atomic mass is 19.1. The Morgan fingerprint density at radius 2 is 2.13 bits per heavy atom. The van der Waals surface area contributed by atoms with Gasteiger partial charge in [0.2, 0.25) is 11.8 Å². The van der Waals surface area contributed by atoms with E-state index < -0.39 is 5.54 Å². The highest BCUT2D eigenvalue weighted by Crippen LogP contribution is 2.31. The normalized spacial score (nSPS) is 18.2. The molecule has 1 aromatic heterocycles. The molecule has 1 unspecified atom stereocenters. The molecule has 1 saturated heterocycles. The van der Waals surface area contributed by atoms with E-state index in [-0.39, 0.29) is 24.1 Å². The Morgan fingerprint density at radius 1 is 1.35 bits per heavy atom. The van der Waals surface area contributed by atoms with Crippen LogP contribution in [0.3, 0.4) is 0 Å². The lowest BCUT2D eigenvalue weighted by Crippen LogP contribution is -2.45. The van der Waals surface area contributed by atoms with E-state index in [1.54, 1.807) is 24.1 Å². The van der Waals surface area contributed by atoms with Crippen LogP contribution in [0.15, 0.2) is 24.3 Å². The van der Waals surface area contributed by atoms with Gasteiger partial charge in [0.1, 0.15) is 11.6 Å². The van der Waals surface area contributed by atoms with Crippen molar-refractivity contribution in [2.45, 2.75) is 58.0 Å². The minimum absolute atomic E-state index is 0.00254. The zero-order valence-corrected chi connectivity index (χ0v) is 18.7. The van der Waals surface area contributed by atoms with Gasteiger partial charge in [0, 0.05) is 43.7 Å². The standard InChI is InChI=1S/C23H31FN4O3/c1-16-13-17(2)28(26-16)12-11-27(3)22(30)8-10-23(9-7-21(29)25-23)15-18-5-6-19(31-4)14-20(18)24/h5-6,13-14H,7-12,15H2,1-4H3,(H,25,29). The SMILES string of the molecule is COc1ccc(CC2(CCC(=O)N(C)CCn3nc(C)cc3C)CCC(=O)N2)c(F)c1. The molecule has 0 spiro atoms. The van der Waals surface area contributed by atoms with E-state index in [9.17, 15) is 14.0 Å². The Labute approximate surface area is 182 Å². The molecule has 2 amide bonds. The molecule has 1 atom stereocenters. The lowest BCUT2D eigenvalue weighted by Gasteiger charge is -2.30. The molecule has 2 heterocycles. The molecule has 0 bridgehead atoms. The second-order valence-electron chi connectivity index (χ2n) is 8.43. The number of carbonyl (C=O) groups excluding carboxylic acids is 2. The summed E-state index contributed by atoms with van der Waals surface area (Å²) in [4.78, 5) is 26.4. The van der Waals surface area contributed by atoms with Crippen molar-refractivity contribution < 1.29 is 18.7 Å². The largest absolute Gasteiger partial charge is 0.497 e. The van der Waals surface area contributed by atoms with E-state index in [1.165, 1.54) is 13.2 Å². The van der Waals surface area contributed by atoms with E-state index >= 15 is 0 Å². The van der Waals surface area contributed by atoms with E-state index in [0.717, 1.165) is 11.4 Å². The fourth-order valence-electron chi connectivity index (χ4n) is 4.15. The number of nitrogens with one attached hydrogen (secondary N) is 1. The van der Waals surface area contributed by atoms with Gasteiger partial charge in [0.15, 0.2) is 0 Å². The maximum Gasteiger partial charge on any atom is 0.222 e. The van der Waals surface area contributed by atoms with Crippen LogP contribution >= 0.6 is 0 Å². The van der Waals surface area contributed by atoms with Gasteiger partial charge in [-0.05, 0) is 50.8 Å². The van der Waals surface area contributed by atoms with Gasteiger partial charge in [-0.3, -0.25) is 14.3 Å². The molecule has 0 radical (unpaired) electrons. The molecule has 0 saturated carbocycles. The zero-order chi connectivity index (χ0) is 22.6. The summed E-state index contributed by atoms with van der Waals surface area (Å²) in [6.45, 7) is 5.11. The van der Waals surface area contributed by atoms with E-state index in [1.807, 2.05) is 24.6 Å². The highest BCUT2D eigenvalue weighted by molar-refractivity contribution is 5.80. The maximum atomic E-state index is 14.5. The van der Waals surface area contributed by atoms with Gasteiger partial charge in [-0.1, -0.05) is 6.07 Å². The Hall–Kier alpha value is -2.90. The van der Waals surface area contributed by atoms with Crippen LogP contribution in [-0.2, 0) is 22.6 Å². The van der Waals surface area contributed by atoms with Crippen molar-refractivity contribution in [3.63, 3.8) is 0 Å². The molecule has 1 N–H and O–H groups in total. The third kappa shape index (κ3) is 5.62. The third-order valence-corrected chi connectivity index (χ3v) is 6.02. The average Bonchev–Trinajstić information content (AvgIpc) is 3.26. The molecule has 7 nitrogen and oxygen atoms in total. The number of methoxy groups -OCH3 is 1. The smallest absolute Gasteiger partial charge is 0.222 e. The molecule has 8 heteroatoms. The lowest BCUT2D eigenvalue weighted by molar-refractivity contribution is -0.130. The molecule has 0 aliphatic carbocycles. The number of likely N-dealkylation sites (N-methyl/N-ethyl adjacent to an activating group) is 1. The predicted molar refractivity (Wildman–Crippen MR) is 115 cm³/mol. The Bertz CT molecular complexity index is 958. The van der Waals surface area contributed by atoms with Gasteiger partial charge in [0.25, 0.3) is 0 Å². The van der Waals surface area contributed by atoms with E-state index in [0.29, 0.717) is 50.1 Å². The highest BCUT2D eigenvalue weighted by Gasteiger charge is 2.38. The van der Waals surface area contributed by atoms with Crippen LogP contribution in [0, 0.1) is 19.7 Å². The number of aromatic nitrogens is 2. The van der Waals surface area contributed by atoms with Crippen molar-refractivity contribution in [2.75, 3.05) is 20.7 Å². The van der Waals surface area contributed by atoms with Gasteiger partial charge in [0.05, 0.1) is 19.3 Å². The van der Waals surface area contributed by atoms with Crippen molar-refractivity contribution in [1.82, 2.24) is 20.0 Å². The molecule has 3 rings (SSSR count). The van der Waals surface area contributed by atoms with Gasteiger partial charge in [-0.2, -0.15) is 5.10 Å². The monoisotopic (exact) mass is 430 g/mol. The van der Waals surface area contributed by atoms with Crippen LogP contribution in [0.4, 0.5) is 4.39 Å². The fourth-order valence-corrected chi connectivity index (χ4v) is 4.15. The van der Waals surface area contributed by atoms with Crippen molar-refractivity contribution in [1.29, 1.82) is 0 Å². The molecule has 1 aromatic carbocycles. The number of hydrogen-bond acceptors (Lipinski definition) is 4. The summed E-state index contributed by atoms with van der Waals surface area (Å²) in [6, 6.07) is 6.74. The number of ether oxygens (including phenoxy) is 1. The summed E-state index contributed by atoms with van der Waals surface area (Å²) in [7, 11) is 3.27. The summed E-state index contributed by atoms with van der Waals surface area (Å²) < 4.78 is 21.5. The second-order valence-corrected chi connectivity index (χ2v) is 8.43. The van der Waals surface area contributed by atoms with Crippen molar-refractivity contribution in [3.05, 3.63) is 47.0 Å². The summed E-state index contributed by atoms with van der Waals surface area (Å²) in [5.74, 6) is 0.0230. The fraction of sp³-hybridized carbons (Fsp3) is 0.522. The molecule has 2 aromatic rings. The van der Waals surface area contributed by atoms with Crippen LogP contribution in [-0.4, -0.2) is 52.7 Å². The van der Waals surface area contributed by atoms with Crippen LogP contribution in [0.2, 0.25) is 0 Å². The first-order valence-corrected chi connectivity index (χ1v) is 10.6. The minimum Gasteiger partial charge on any atom is -0.497 e. The molecule has 1 aliphatic rings. The molecule has 31 heavy (non-hydrogen) atoms. The number of carbonyl (C=O) groups is 2. The van der Waals surface area contributed by atoms with Crippen LogP contribution < -0.4 is 10.1 Å². The number of amides is 2. The number of benzene rings is 1.